The van der Waals surface area contributed by atoms with Gasteiger partial charge in [-0.2, -0.15) is 0 Å². The van der Waals surface area contributed by atoms with Gasteiger partial charge in [-0.25, -0.2) is 4.79 Å². The molecule has 2 rings (SSSR count). The molecule has 1 aromatic heterocycles. The van der Waals surface area contributed by atoms with Crippen molar-refractivity contribution in [3.05, 3.63) is 21.9 Å². The molecule has 0 aliphatic carbocycles. The number of amides is 2. The number of ether oxygens (including phenoxy) is 1. The van der Waals surface area contributed by atoms with E-state index >= 15 is 0 Å². The summed E-state index contributed by atoms with van der Waals surface area (Å²) in [5.74, 6) is -0.922. The van der Waals surface area contributed by atoms with E-state index in [2.05, 4.69) is 18.3 Å². The van der Waals surface area contributed by atoms with Gasteiger partial charge in [0.15, 0.2) is 0 Å². The Kier molecular flexibility index (Phi) is 5.58. The van der Waals surface area contributed by atoms with Gasteiger partial charge in [0.2, 0.25) is 0 Å². The maximum atomic E-state index is 12.2. The molecule has 1 aromatic rings. The maximum Gasteiger partial charge on any atom is 0.318 e. The number of aryl methyl sites for hydroxylation is 1. The predicted molar refractivity (Wildman–Crippen MR) is 79.5 cm³/mol. The lowest BCUT2D eigenvalue weighted by Gasteiger charge is -2.34. The SMILES string of the molecule is CCc1ccc(CNC(=O)N2CCOCC2CC(=O)O)s1. The third-order valence-corrected chi connectivity index (χ3v) is 4.61. The minimum atomic E-state index is -0.922. The first-order chi connectivity index (χ1) is 10.1. The number of carbonyl (C=O) groups excluding carboxylic acids is 1. The van der Waals surface area contributed by atoms with Gasteiger partial charge in [0.05, 0.1) is 32.2 Å². The second kappa shape index (κ2) is 7.42. The van der Waals surface area contributed by atoms with Crippen molar-refractivity contribution in [3.63, 3.8) is 0 Å². The highest BCUT2D eigenvalue weighted by atomic mass is 32.1. The molecule has 2 N–H and O–H groups in total. The molecular formula is C14H20N2O4S. The quantitative estimate of drug-likeness (QED) is 0.867. The molecular weight excluding hydrogens is 292 g/mol. The van der Waals surface area contributed by atoms with Gasteiger partial charge < -0.3 is 20.1 Å². The largest absolute Gasteiger partial charge is 0.481 e. The summed E-state index contributed by atoms with van der Waals surface area (Å²) in [5, 5.41) is 11.7. The molecule has 1 fully saturated rings. The van der Waals surface area contributed by atoms with Crippen molar-refractivity contribution in [1.29, 1.82) is 0 Å². The highest BCUT2D eigenvalue weighted by molar-refractivity contribution is 7.11. The normalized spacial score (nSPS) is 18.5. The van der Waals surface area contributed by atoms with Crippen LogP contribution in [0.3, 0.4) is 0 Å². The molecule has 1 aliphatic rings. The lowest BCUT2D eigenvalue weighted by atomic mass is 10.1. The number of carbonyl (C=O) groups is 2. The average molecular weight is 312 g/mol. The van der Waals surface area contributed by atoms with E-state index in [4.69, 9.17) is 9.84 Å². The van der Waals surface area contributed by atoms with Crippen LogP contribution in [-0.4, -0.2) is 47.8 Å². The summed E-state index contributed by atoms with van der Waals surface area (Å²) < 4.78 is 5.26. The molecule has 2 amide bonds. The Morgan fingerprint density at radius 3 is 2.90 bits per heavy atom. The first kappa shape index (κ1) is 15.8. The number of thiophene rings is 1. The summed E-state index contributed by atoms with van der Waals surface area (Å²) in [5.41, 5.74) is 0. The summed E-state index contributed by atoms with van der Waals surface area (Å²) in [7, 11) is 0. The lowest BCUT2D eigenvalue weighted by molar-refractivity contribution is -0.139. The average Bonchev–Trinajstić information content (AvgIpc) is 2.93. The van der Waals surface area contributed by atoms with Crippen molar-refractivity contribution in [2.24, 2.45) is 0 Å². The number of nitrogens with zero attached hydrogens (tertiary/aromatic N) is 1. The van der Waals surface area contributed by atoms with Crippen molar-refractivity contribution in [3.8, 4) is 0 Å². The van der Waals surface area contributed by atoms with E-state index in [0.717, 1.165) is 11.3 Å². The topological polar surface area (TPSA) is 78.9 Å². The van der Waals surface area contributed by atoms with Gasteiger partial charge >= 0.3 is 12.0 Å². The van der Waals surface area contributed by atoms with E-state index in [1.165, 1.54) is 4.88 Å². The highest BCUT2D eigenvalue weighted by Crippen LogP contribution is 2.17. The van der Waals surface area contributed by atoms with E-state index in [0.29, 0.717) is 19.7 Å². The van der Waals surface area contributed by atoms with E-state index < -0.39 is 12.0 Å². The van der Waals surface area contributed by atoms with E-state index in [1.54, 1.807) is 16.2 Å². The Bertz CT molecular complexity index is 503. The zero-order valence-corrected chi connectivity index (χ0v) is 12.8. The van der Waals surface area contributed by atoms with Crippen LogP contribution in [0.5, 0.6) is 0 Å². The smallest absolute Gasteiger partial charge is 0.318 e. The molecule has 0 aromatic carbocycles. The maximum absolute atomic E-state index is 12.2. The van der Waals surface area contributed by atoms with Crippen LogP contribution in [0.2, 0.25) is 0 Å². The Labute approximate surface area is 127 Å². The number of hydrogen-bond acceptors (Lipinski definition) is 4. The van der Waals surface area contributed by atoms with Gasteiger partial charge in [-0.1, -0.05) is 6.92 Å². The van der Waals surface area contributed by atoms with Crippen molar-refractivity contribution in [2.75, 3.05) is 19.8 Å². The Morgan fingerprint density at radius 2 is 2.24 bits per heavy atom. The number of hydrogen-bond donors (Lipinski definition) is 2. The third kappa shape index (κ3) is 4.44. The van der Waals surface area contributed by atoms with Crippen LogP contribution in [0.4, 0.5) is 4.79 Å². The first-order valence-electron chi connectivity index (χ1n) is 7.01. The highest BCUT2D eigenvalue weighted by Gasteiger charge is 2.28. The van der Waals surface area contributed by atoms with Gasteiger partial charge in [0.25, 0.3) is 0 Å². The zero-order chi connectivity index (χ0) is 15.2. The monoisotopic (exact) mass is 312 g/mol. The fourth-order valence-corrected chi connectivity index (χ4v) is 3.16. The summed E-state index contributed by atoms with van der Waals surface area (Å²) in [6, 6.07) is 3.45. The van der Waals surface area contributed by atoms with Gasteiger partial charge in [0, 0.05) is 16.3 Å². The van der Waals surface area contributed by atoms with Gasteiger partial charge in [-0.3, -0.25) is 4.79 Å². The summed E-state index contributed by atoms with van der Waals surface area (Å²) in [6.45, 7) is 3.72. The molecule has 116 valence electrons. The van der Waals surface area contributed by atoms with Crippen LogP contribution in [0.1, 0.15) is 23.1 Å². The van der Waals surface area contributed by atoms with Crippen LogP contribution < -0.4 is 5.32 Å². The van der Waals surface area contributed by atoms with Crippen molar-refractivity contribution in [1.82, 2.24) is 10.2 Å². The molecule has 21 heavy (non-hydrogen) atoms. The van der Waals surface area contributed by atoms with Crippen LogP contribution in [0.15, 0.2) is 12.1 Å². The number of carboxylic acids is 1. The number of rotatable bonds is 5. The molecule has 1 atom stereocenters. The van der Waals surface area contributed by atoms with E-state index in [9.17, 15) is 9.59 Å². The van der Waals surface area contributed by atoms with E-state index in [-0.39, 0.29) is 19.1 Å². The predicted octanol–water partition coefficient (Wildman–Crippen LogP) is 1.70. The van der Waals surface area contributed by atoms with Gasteiger partial charge in [-0.05, 0) is 18.6 Å². The fraction of sp³-hybridized carbons (Fsp3) is 0.571. The Morgan fingerprint density at radius 1 is 1.48 bits per heavy atom. The first-order valence-corrected chi connectivity index (χ1v) is 7.83. The molecule has 0 bridgehead atoms. The number of aliphatic carboxylic acids is 1. The minimum Gasteiger partial charge on any atom is -0.481 e. The molecule has 1 unspecified atom stereocenters. The molecule has 1 aliphatic heterocycles. The molecule has 0 radical (unpaired) electrons. The molecule has 7 heteroatoms. The molecule has 0 spiro atoms. The molecule has 2 heterocycles. The van der Waals surface area contributed by atoms with Gasteiger partial charge in [-0.15, -0.1) is 11.3 Å². The number of morpholine rings is 1. The minimum absolute atomic E-state index is 0.0909. The number of carboxylic acid groups (broad SMARTS) is 1. The van der Waals surface area contributed by atoms with E-state index in [1.807, 2.05) is 6.07 Å². The Balaban J connectivity index is 1.89. The molecule has 6 nitrogen and oxygen atoms in total. The van der Waals surface area contributed by atoms with Crippen molar-refractivity contribution < 1.29 is 19.4 Å². The van der Waals surface area contributed by atoms with Gasteiger partial charge in [0.1, 0.15) is 0 Å². The summed E-state index contributed by atoms with van der Waals surface area (Å²) in [4.78, 5) is 27.0. The van der Waals surface area contributed by atoms with Crippen LogP contribution in [0, 0.1) is 0 Å². The molecule has 0 saturated carbocycles. The van der Waals surface area contributed by atoms with Crippen LogP contribution in [0.25, 0.3) is 0 Å². The van der Waals surface area contributed by atoms with Crippen molar-refractivity contribution in [2.45, 2.75) is 32.4 Å². The second-order valence-corrected chi connectivity index (χ2v) is 6.15. The third-order valence-electron chi connectivity index (χ3n) is 3.38. The Hall–Kier alpha value is -1.60. The number of nitrogens with one attached hydrogen (secondary N) is 1. The zero-order valence-electron chi connectivity index (χ0n) is 12.0. The standard InChI is InChI=1S/C14H20N2O4S/c1-2-11-3-4-12(21-11)8-15-14(19)16-5-6-20-9-10(16)7-13(17)18/h3-4,10H,2,5-9H2,1H3,(H,15,19)(H,17,18). The number of urea groups is 1. The summed E-state index contributed by atoms with van der Waals surface area (Å²) in [6.07, 6.45) is 0.898. The second-order valence-electron chi connectivity index (χ2n) is 4.90. The van der Waals surface area contributed by atoms with Crippen molar-refractivity contribution >= 4 is 23.3 Å². The fourth-order valence-electron chi connectivity index (χ4n) is 2.26. The molecule has 1 saturated heterocycles. The van der Waals surface area contributed by atoms with Crippen LogP contribution in [-0.2, 0) is 22.5 Å². The summed E-state index contributed by atoms with van der Waals surface area (Å²) >= 11 is 1.68. The lowest BCUT2D eigenvalue weighted by Crippen LogP contribution is -2.52. The van der Waals surface area contributed by atoms with Crippen LogP contribution >= 0.6 is 11.3 Å².